The van der Waals surface area contributed by atoms with Gasteiger partial charge in [-0.1, -0.05) is 29.8 Å². The lowest BCUT2D eigenvalue weighted by Gasteiger charge is -2.33. The van der Waals surface area contributed by atoms with Gasteiger partial charge in [-0.15, -0.1) is 0 Å². The second-order valence-electron chi connectivity index (χ2n) is 10.7. The lowest BCUT2D eigenvalue weighted by atomic mass is 9.86. The third-order valence-electron chi connectivity index (χ3n) is 8.05. The number of anilines is 1. The minimum Gasteiger partial charge on any atom is -0.326 e. The van der Waals surface area contributed by atoms with Gasteiger partial charge in [-0.05, 0) is 130 Å². The Morgan fingerprint density at radius 3 is 2.18 bits per heavy atom. The van der Waals surface area contributed by atoms with E-state index in [9.17, 15) is 13.2 Å². The van der Waals surface area contributed by atoms with Gasteiger partial charge in [-0.2, -0.15) is 0 Å². The number of benzene rings is 3. The van der Waals surface area contributed by atoms with Gasteiger partial charge in [0.2, 0.25) is 15.7 Å². The Labute approximate surface area is 236 Å². The zero-order valence-corrected chi connectivity index (χ0v) is 23.9. The topological polar surface area (TPSA) is 78.5 Å². The highest BCUT2D eigenvalue weighted by molar-refractivity contribution is 7.91. The van der Waals surface area contributed by atoms with Crippen LogP contribution in [0.4, 0.5) is 5.69 Å². The Kier molecular flexibility index (Phi) is 8.72. The highest BCUT2D eigenvalue weighted by Gasteiger charge is 2.24. The Balaban J connectivity index is 1.17. The van der Waals surface area contributed by atoms with Crippen LogP contribution in [0.5, 0.6) is 0 Å². The molecule has 2 aliphatic heterocycles. The van der Waals surface area contributed by atoms with Crippen molar-refractivity contribution in [1.29, 1.82) is 0 Å². The molecule has 0 atom stereocenters. The second kappa shape index (κ2) is 12.2. The van der Waals surface area contributed by atoms with Crippen LogP contribution in [0.3, 0.4) is 0 Å². The molecule has 0 aromatic heterocycles. The van der Waals surface area contributed by atoms with E-state index < -0.39 is 9.84 Å². The number of nitrogens with one attached hydrogen (secondary N) is 2. The number of likely N-dealkylation sites (tertiary alicyclic amines) is 1. The van der Waals surface area contributed by atoms with Crippen LogP contribution in [0.2, 0.25) is 5.02 Å². The number of carbonyl (C=O) groups is 1. The molecule has 2 aliphatic rings. The molecule has 6 nitrogen and oxygen atoms in total. The van der Waals surface area contributed by atoms with Crippen molar-refractivity contribution in [3.05, 3.63) is 88.4 Å². The van der Waals surface area contributed by atoms with Crippen LogP contribution in [0, 0.1) is 12.8 Å². The summed E-state index contributed by atoms with van der Waals surface area (Å²) in [5, 5.41) is 6.99. The van der Waals surface area contributed by atoms with Crippen molar-refractivity contribution < 1.29 is 13.2 Å². The van der Waals surface area contributed by atoms with Crippen LogP contribution < -0.4 is 10.6 Å². The summed E-state index contributed by atoms with van der Waals surface area (Å²) in [6, 6.07) is 19.8. The van der Waals surface area contributed by atoms with Crippen molar-refractivity contribution in [3.63, 3.8) is 0 Å². The average molecular weight is 566 g/mol. The fourth-order valence-electron chi connectivity index (χ4n) is 5.67. The van der Waals surface area contributed by atoms with Crippen LogP contribution in [0.1, 0.15) is 48.3 Å². The first kappa shape index (κ1) is 27.8. The normalized spacial score (nSPS) is 17.7. The number of halogens is 1. The lowest BCUT2D eigenvalue weighted by molar-refractivity contribution is -0.120. The number of hydrogen-bond acceptors (Lipinski definition) is 5. The van der Waals surface area contributed by atoms with Crippen LogP contribution in [0.15, 0.2) is 76.5 Å². The summed E-state index contributed by atoms with van der Waals surface area (Å²) in [5.41, 5.74) is 4.60. The number of amides is 1. The molecule has 2 N–H and O–H groups in total. The number of hydrogen-bond donors (Lipinski definition) is 2. The van der Waals surface area contributed by atoms with Gasteiger partial charge in [0.25, 0.3) is 0 Å². The van der Waals surface area contributed by atoms with Crippen LogP contribution >= 0.6 is 11.6 Å². The first-order valence-corrected chi connectivity index (χ1v) is 15.6. The molecule has 0 unspecified atom stereocenters. The molecule has 0 spiro atoms. The van der Waals surface area contributed by atoms with Gasteiger partial charge in [0.15, 0.2) is 0 Å². The predicted molar refractivity (Wildman–Crippen MR) is 156 cm³/mol. The van der Waals surface area contributed by atoms with Crippen molar-refractivity contribution in [2.24, 2.45) is 5.92 Å². The zero-order valence-electron chi connectivity index (χ0n) is 22.3. The highest BCUT2D eigenvalue weighted by atomic mass is 35.5. The lowest BCUT2D eigenvalue weighted by Crippen LogP contribution is -2.34. The standard InChI is InChI=1S/C31H36ClN3O3S/c1-22-2-7-27(34-31(36)25-12-16-33-17-13-25)20-30(22)24-14-18-35(19-15-24)21-23-3-8-28(9-4-23)39(37,38)29-10-5-26(32)6-11-29/h2-11,20,24-25,33H,12-19,21H2,1H3,(H,34,36). The second-order valence-corrected chi connectivity index (χ2v) is 13.1. The predicted octanol–water partition coefficient (Wildman–Crippen LogP) is 5.80. The molecule has 2 heterocycles. The molecule has 1 amide bonds. The Morgan fingerprint density at radius 2 is 1.54 bits per heavy atom. The van der Waals surface area contributed by atoms with E-state index in [1.807, 2.05) is 18.2 Å². The molecular formula is C31H36ClN3O3S. The molecule has 0 bridgehead atoms. The minimum atomic E-state index is -3.57. The first-order valence-electron chi connectivity index (χ1n) is 13.7. The molecule has 0 radical (unpaired) electrons. The first-order chi connectivity index (χ1) is 18.8. The molecule has 39 heavy (non-hydrogen) atoms. The van der Waals surface area contributed by atoms with Gasteiger partial charge < -0.3 is 10.6 Å². The number of nitrogens with zero attached hydrogens (tertiary/aromatic N) is 1. The fourth-order valence-corrected chi connectivity index (χ4v) is 7.06. The molecule has 0 aliphatic carbocycles. The summed E-state index contributed by atoms with van der Waals surface area (Å²) >= 11 is 5.91. The smallest absolute Gasteiger partial charge is 0.227 e. The molecule has 206 valence electrons. The summed E-state index contributed by atoms with van der Waals surface area (Å²) in [6.07, 6.45) is 3.89. The van der Waals surface area contributed by atoms with Gasteiger partial charge in [0.05, 0.1) is 9.79 Å². The maximum atomic E-state index is 12.9. The maximum Gasteiger partial charge on any atom is 0.227 e. The monoisotopic (exact) mass is 565 g/mol. The number of sulfone groups is 1. The van der Waals surface area contributed by atoms with Crippen molar-refractivity contribution in [2.45, 2.75) is 54.9 Å². The Bertz CT molecular complexity index is 1390. The Morgan fingerprint density at radius 1 is 0.923 bits per heavy atom. The van der Waals surface area contributed by atoms with E-state index in [-0.39, 0.29) is 21.6 Å². The number of carbonyl (C=O) groups excluding carboxylic acids is 1. The third-order valence-corrected chi connectivity index (χ3v) is 10.1. The molecular weight excluding hydrogens is 530 g/mol. The summed E-state index contributed by atoms with van der Waals surface area (Å²) in [6.45, 7) is 6.70. The van der Waals surface area contributed by atoms with Gasteiger partial charge in [-0.3, -0.25) is 9.69 Å². The van der Waals surface area contributed by atoms with Crippen molar-refractivity contribution in [1.82, 2.24) is 10.2 Å². The average Bonchev–Trinajstić information content (AvgIpc) is 2.95. The van der Waals surface area contributed by atoms with Gasteiger partial charge in [0.1, 0.15) is 0 Å². The van der Waals surface area contributed by atoms with Crippen molar-refractivity contribution in [2.75, 3.05) is 31.5 Å². The van der Waals surface area contributed by atoms with Gasteiger partial charge in [-0.25, -0.2) is 8.42 Å². The summed E-state index contributed by atoms with van der Waals surface area (Å²) in [4.78, 5) is 15.7. The van der Waals surface area contributed by atoms with Crippen molar-refractivity contribution >= 4 is 33.0 Å². The molecule has 8 heteroatoms. The van der Waals surface area contributed by atoms with Crippen LogP contribution in [-0.4, -0.2) is 45.4 Å². The molecule has 2 saturated heterocycles. The van der Waals surface area contributed by atoms with E-state index in [2.05, 4.69) is 34.6 Å². The van der Waals surface area contributed by atoms with Crippen molar-refractivity contribution in [3.8, 4) is 0 Å². The fraction of sp³-hybridized carbons (Fsp3) is 0.387. The van der Waals surface area contributed by atoms with E-state index in [0.717, 1.165) is 69.7 Å². The van der Waals surface area contributed by atoms with Crippen LogP contribution in [0.25, 0.3) is 0 Å². The van der Waals surface area contributed by atoms with E-state index >= 15 is 0 Å². The van der Waals surface area contributed by atoms with E-state index in [1.165, 1.54) is 23.3 Å². The third kappa shape index (κ3) is 6.72. The largest absolute Gasteiger partial charge is 0.326 e. The van der Waals surface area contributed by atoms with Gasteiger partial charge >= 0.3 is 0 Å². The molecule has 3 aromatic carbocycles. The quantitative estimate of drug-likeness (QED) is 0.378. The number of aryl methyl sites for hydroxylation is 1. The minimum absolute atomic E-state index is 0.0888. The zero-order chi connectivity index (χ0) is 27.4. The number of piperidine rings is 2. The summed E-state index contributed by atoms with van der Waals surface area (Å²) in [7, 11) is -3.57. The number of rotatable bonds is 7. The molecule has 5 rings (SSSR count). The molecule has 3 aromatic rings. The SMILES string of the molecule is Cc1ccc(NC(=O)C2CCNCC2)cc1C1CCN(Cc2ccc(S(=O)(=O)c3ccc(Cl)cc3)cc2)CC1. The Hall–Kier alpha value is -2.71. The van der Waals surface area contributed by atoms with E-state index in [0.29, 0.717) is 10.9 Å². The molecule has 0 saturated carbocycles. The highest BCUT2D eigenvalue weighted by Crippen LogP contribution is 2.33. The van der Waals surface area contributed by atoms with E-state index in [4.69, 9.17) is 11.6 Å². The van der Waals surface area contributed by atoms with Gasteiger partial charge in [0, 0.05) is 23.2 Å². The van der Waals surface area contributed by atoms with E-state index in [1.54, 1.807) is 24.3 Å². The van der Waals surface area contributed by atoms with Crippen LogP contribution in [-0.2, 0) is 21.2 Å². The summed E-state index contributed by atoms with van der Waals surface area (Å²) < 4.78 is 25.9. The molecule has 2 fully saturated rings. The summed E-state index contributed by atoms with van der Waals surface area (Å²) in [5.74, 6) is 0.683. The maximum absolute atomic E-state index is 12.9.